The Morgan fingerprint density at radius 3 is 2.65 bits per heavy atom. The largest absolute Gasteiger partial charge is 0.378 e. The summed E-state index contributed by atoms with van der Waals surface area (Å²) in [5, 5.41) is 0. The van der Waals surface area contributed by atoms with Gasteiger partial charge in [-0.25, -0.2) is 0 Å². The van der Waals surface area contributed by atoms with Crippen LogP contribution in [0, 0.1) is 5.41 Å². The van der Waals surface area contributed by atoms with Crippen LogP contribution in [0.25, 0.3) is 0 Å². The molecule has 2 rings (SSSR count). The Balaban J connectivity index is 1.89. The molecule has 5 nitrogen and oxygen atoms in total. The minimum atomic E-state index is -0.792. The second kappa shape index (κ2) is 7.08. The molecule has 1 amide bonds. The first-order valence-corrected chi connectivity index (χ1v) is 9.10. The summed E-state index contributed by atoms with van der Waals surface area (Å²) >= 11 is 0. The van der Waals surface area contributed by atoms with Crippen LogP contribution in [0.15, 0.2) is 0 Å². The van der Waals surface area contributed by atoms with Crippen LogP contribution in [0.2, 0.25) is 0 Å². The van der Waals surface area contributed by atoms with Crippen molar-refractivity contribution < 1.29 is 9.53 Å². The molecule has 0 aromatic rings. The molecule has 3 unspecified atom stereocenters. The molecule has 1 saturated heterocycles. The number of likely N-dealkylation sites (N-methyl/N-ethyl adjacent to an activating group) is 1. The van der Waals surface area contributed by atoms with Crippen LogP contribution >= 0.6 is 0 Å². The highest BCUT2D eigenvalue weighted by molar-refractivity contribution is 5.88. The lowest BCUT2D eigenvalue weighted by atomic mass is 9.54. The molecular weight excluding hydrogens is 290 g/mol. The van der Waals surface area contributed by atoms with Gasteiger partial charge < -0.3 is 20.3 Å². The van der Waals surface area contributed by atoms with Crippen molar-refractivity contribution in [2.45, 2.75) is 70.6 Å². The summed E-state index contributed by atoms with van der Waals surface area (Å²) in [6.07, 6.45) is 5.57. The number of likely N-dealkylation sites (tertiary alicyclic amines) is 1. The molecule has 5 heteroatoms. The standard InChI is InChI=1S/C18H35N3O2/c1-6-23-15-13-18(19,17(15,2)3)16(22)21(5)12-10-14-9-7-8-11-20(14)4/h14-15H,6-13,19H2,1-5H3. The highest BCUT2D eigenvalue weighted by Crippen LogP contribution is 2.50. The van der Waals surface area contributed by atoms with Crippen molar-refractivity contribution in [3.05, 3.63) is 0 Å². The van der Waals surface area contributed by atoms with E-state index < -0.39 is 5.54 Å². The van der Waals surface area contributed by atoms with Gasteiger partial charge >= 0.3 is 0 Å². The van der Waals surface area contributed by atoms with E-state index in [-0.39, 0.29) is 17.4 Å². The summed E-state index contributed by atoms with van der Waals surface area (Å²) in [5.74, 6) is 0.0666. The van der Waals surface area contributed by atoms with Crippen molar-refractivity contribution in [1.82, 2.24) is 9.80 Å². The van der Waals surface area contributed by atoms with Crippen LogP contribution in [0.4, 0.5) is 0 Å². The van der Waals surface area contributed by atoms with Crippen LogP contribution in [0.3, 0.4) is 0 Å². The van der Waals surface area contributed by atoms with E-state index in [0.717, 1.165) is 13.0 Å². The maximum absolute atomic E-state index is 12.9. The van der Waals surface area contributed by atoms with Crippen molar-refractivity contribution >= 4 is 5.91 Å². The summed E-state index contributed by atoms with van der Waals surface area (Å²) in [5.41, 5.74) is 5.40. The smallest absolute Gasteiger partial charge is 0.243 e. The predicted octanol–water partition coefficient (Wildman–Crippen LogP) is 1.85. The van der Waals surface area contributed by atoms with E-state index in [1.165, 1.54) is 25.8 Å². The Kier molecular flexibility index (Phi) is 5.75. The van der Waals surface area contributed by atoms with Gasteiger partial charge in [0.05, 0.1) is 6.10 Å². The quantitative estimate of drug-likeness (QED) is 0.810. The molecule has 0 radical (unpaired) electrons. The average molecular weight is 325 g/mol. The second-order valence-electron chi connectivity index (χ2n) is 7.99. The number of carbonyl (C=O) groups is 1. The normalized spacial score (nSPS) is 34.0. The van der Waals surface area contributed by atoms with Crippen molar-refractivity contribution in [2.75, 3.05) is 33.8 Å². The maximum atomic E-state index is 12.9. The van der Waals surface area contributed by atoms with E-state index >= 15 is 0 Å². The number of piperidine rings is 1. The van der Waals surface area contributed by atoms with E-state index in [2.05, 4.69) is 25.8 Å². The average Bonchev–Trinajstić information content (AvgIpc) is 2.52. The van der Waals surface area contributed by atoms with Gasteiger partial charge in [0.25, 0.3) is 0 Å². The lowest BCUT2D eigenvalue weighted by Gasteiger charge is -2.58. The van der Waals surface area contributed by atoms with Crippen LogP contribution in [-0.2, 0) is 9.53 Å². The molecule has 0 aromatic carbocycles. The molecule has 2 N–H and O–H groups in total. The third kappa shape index (κ3) is 3.42. The van der Waals surface area contributed by atoms with Crippen LogP contribution < -0.4 is 5.73 Å². The third-order valence-corrected chi connectivity index (χ3v) is 6.28. The molecule has 3 atom stereocenters. The molecule has 2 fully saturated rings. The molecule has 2 aliphatic rings. The monoisotopic (exact) mass is 325 g/mol. The Morgan fingerprint density at radius 2 is 2.09 bits per heavy atom. The second-order valence-corrected chi connectivity index (χ2v) is 7.99. The van der Waals surface area contributed by atoms with E-state index in [1.807, 2.05) is 18.9 Å². The number of nitrogens with zero attached hydrogens (tertiary/aromatic N) is 2. The number of carbonyl (C=O) groups excluding carboxylic acids is 1. The fourth-order valence-corrected chi connectivity index (χ4v) is 4.09. The first kappa shape index (κ1) is 18.7. The molecule has 23 heavy (non-hydrogen) atoms. The first-order chi connectivity index (χ1) is 10.7. The van der Waals surface area contributed by atoms with Crippen molar-refractivity contribution in [3.8, 4) is 0 Å². The number of hydrogen-bond acceptors (Lipinski definition) is 4. The predicted molar refractivity (Wildman–Crippen MR) is 93.3 cm³/mol. The van der Waals surface area contributed by atoms with E-state index in [0.29, 0.717) is 19.1 Å². The molecule has 0 spiro atoms. The number of nitrogens with two attached hydrogens (primary N) is 1. The van der Waals surface area contributed by atoms with Crippen molar-refractivity contribution in [2.24, 2.45) is 11.1 Å². The molecular formula is C18H35N3O2. The van der Waals surface area contributed by atoms with Gasteiger partial charge in [0.15, 0.2) is 0 Å². The summed E-state index contributed by atoms with van der Waals surface area (Å²) in [4.78, 5) is 17.2. The maximum Gasteiger partial charge on any atom is 0.243 e. The number of ether oxygens (including phenoxy) is 1. The van der Waals surface area contributed by atoms with Crippen LogP contribution in [0.5, 0.6) is 0 Å². The third-order valence-electron chi connectivity index (χ3n) is 6.28. The number of hydrogen-bond donors (Lipinski definition) is 1. The molecule has 0 aromatic heterocycles. The molecule has 1 aliphatic heterocycles. The van der Waals surface area contributed by atoms with E-state index in [9.17, 15) is 4.79 Å². The fraction of sp³-hybridized carbons (Fsp3) is 0.944. The fourth-order valence-electron chi connectivity index (χ4n) is 4.09. The molecule has 1 aliphatic carbocycles. The number of amides is 1. The summed E-state index contributed by atoms with van der Waals surface area (Å²) in [6.45, 7) is 8.72. The van der Waals surface area contributed by atoms with Gasteiger partial charge in [-0.1, -0.05) is 20.3 Å². The van der Waals surface area contributed by atoms with Crippen molar-refractivity contribution in [3.63, 3.8) is 0 Å². The number of rotatable bonds is 6. The van der Waals surface area contributed by atoms with Crippen LogP contribution in [-0.4, -0.2) is 67.2 Å². The summed E-state index contributed by atoms with van der Waals surface area (Å²) in [6, 6.07) is 0.596. The Bertz CT molecular complexity index is 426. The Labute approximate surface area is 141 Å². The van der Waals surface area contributed by atoms with Gasteiger partial charge in [-0.15, -0.1) is 0 Å². The SMILES string of the molecule is CCOC1CC(N)(C(=O)N(C)CCC2CCCCN2C)C1(C)C. The topological polar surface area (TPSA) is 58.8 Å². The Morgan fingerprint density at radius 1 is 1.39 bits per heavy atom. The zero-order valence-electron chi connectivity index (χ0n) is 15.6. The summed E-state index contributed by atoms with van der Waals surface area (Å²) in [7, 11) is 4.08. The zero-order valence-corrected chi connectivity index (χ0v) is 15.6. The highest BCUT2D eigenvalue weighted by Gasteiger charge is 2.63. The van der Waals surface area contributed by atoms with Gasteiger partial charge in [0, 0.05) is 38.1 Å². The van der Waals surface area contributed by atoms with Gasteiger partial charge in [0.2, 0.25) is 5.91 Å². The zero-order chi connectivity index (χ0) is 17.3. The molecule has 0 bridgehead atoms. The minimum absolute atomic E-state index is 0.0666. The molecule has 1 heterocycles. The highest BCUT2D eigenvalue weighted by atomic mass is 16.5. The van der Waals surface area contributed by atoms with E-state index in [4.69, 9.17) is 10.5 Å². The van der Waals surface area contributed by atoms with Gasteiger partial charge in [-0.3, -0.25) is 4.79 Å². The lowest BCUT2D eigenvalue weighted by molar-refractivity contribution is -0.178. The molecule has 134 valence electrons. The van der Waals surface area contributed by atoms with Gasteiger partial charge in [-0.05, 0) is 39.8 Å². The van der Waals surface area contributed by atoms with Gasteiger partial charge in [-0.2, -0.15) is 0 Å². The van der Waals surface area contributed by atoms with Crippen LogP contribution in [0.1, 0.15) is 52.9 Å². The Hall–Kier alpha value is -0.650. The summed E-state index contributed by atoms with van der Waals surface area (Å²) < 4.78 is 5.73. The first-order valence-electron chi connectivity index (χ1n) is 9.10. The molecule has 1 saturated carbocycles. The van der Waals surface area contributed by atoms with Crippen molar-refractivity contribution in [1.29, 1.82) is 0 Å². The van der Waals surface area contributed by atoms with Gasteiger partial charge in [0.1, 0.15) is 5.54 Å². The lowest BCUT2D eigenvalue weighted by Crippen LogP contribution is -2.75. The minimum Gasteiger partial charge on any atom is -0.378 e. The van der Waals surface area contributed by atoms with E-state index in [1.54, 1.807) is 0 Å².